The number of nitro benzene ring substituents is 1. The summed E-state index contributed by atoms with van der Waals surface area (Å²) in [4.78, 5) is 21.4. The predicted molar refractivity (Wildman–Crippen MR) is 79.1 cm³/mol. The molecule has 20 heavy (non-hydrogen) atoms. The minimum absolute atomic E-state index is 0.0402. The van der Waals surface area contributed by atoms with Crippen LogP contribution in [0.2, 0.25) is 5.02 Å². The molecule has 0 radical (unpaired) electrons. The first-order chi connectivity index (χ1) is 9.15. The van der Waals surface area contributed by atoms with Crippen molar-refractivity contribution in [2.75, 3.05) is 0 Å². The highest BCUT2D eigenvalue weighted by atomic mass is 35.5. The summed E-state index contributed by atoms with van der Waals surface area (Å²) in [6.07, 6.45) is 0. The topological polar surface area (TPSA) is 106 Å². The third kappa shape index (κ3) is 4.09. The maximum Gasteiger partial charge on any atom is 0.321 e. The van der Waals surface area contributed by atoms with Crippen molar-refractivity contribution in [3.05, 3.63) is 38.9 Å². The highest BCUT2D eigenvalue weighted by molar-refractivity contribution is 7.99. The number of nitrogens with two attached hydrogens (primary N) is 1. The van der Waals surface area contributed by atoms with Gasteiger partial charge in [-0.1, -0.05) is 11.6 Å². The quantitative estimate of drug-likeness (QED) is 0.617. The van der Waals surface area contributed by atoms with Crippen LogP contribution < -0.4 is 5.73 Å². The molecule has 0 fully saturated rings. The van der Waals surface area contributed by atoms with Gasteiger partial charge in [0.25, 0.3) is 5.69 Å². The lowest BCUT2D eigenvalue weighted by molar-refractivity contribution is -0.385. The van der Waals surface area contributed by atoms with Gasteiger partial charge in [0.05, 0.1) is 4.92 Å². The molecule has 6 nitrogen and oxygen atoms in total. The van der Waals surface area contributed by atoms with Gasteiger partial charge in [-0.25, -0.2) is 0 Å². The molecule has 0 spiro atoms. The zero-order chi connectivity index (χ0) is 15.5. The van der Waals surface area contributed by atoms with Crippen LogP contribution in [0.5, 0.6) is 0 Å². The van der Waals surface area contributed by atoms with Crippen LogP contribution >= 0.6 is 23.4 Å². The van der Waals surface area contributed by atoms with Crippen LogP contribution in [0.3, 0.4) is 0 Å². The van der Waals surface area contributed by atoms with E-state index in [0.717, 1.165) is 0 Å². The van der Waals surface area contributed by atoms with E-state index in [2.05, 4.69) is 0 Å². The molecule has 0 saturated carbocycles. The van der Waals surface area contributed by atoms with E-state index in [1.807, 2.05) is 0 Å². The Kier molecular flexibility index (Phi) is 5.38. The number of carboxylic acids is 1. The summed E-state index contributed by atoms with van der Waals surface area (Å²) in [7, 11) is 0. The van der Waals surface area contributed by atoms with Crippen molar-refractivity contribution >= 4 is 35.0 Å². The van der Waals surface area contributed by atoms with E-state index >= 15 is 0 Å². The van der Waals surface area contributed by atoms with Crippen LogP contribution in [-0.4, -0.2) is 26.8 Å². The minimum atomic E-state index is -1.11. The molecule has 0 unspecified atom stereocenters. The lowest BCUT2D eigenvalue weighted by Gasteiger charge is -2.27. The first kappa shape index (κ1) is 16.7. The largest absolute Gasteiger partial charge is 0.480 e. The molecule has 1 rings (SSSR count). The number of halogens is 1. The van der Waals surface area contributed by atoms with E-state index in [1.165, 1.54) is 30.0 Å². The Morgan fingerprint density at radius 2 is 2.20 bits per heavy atom. The summed E-state index contributed by atoms with van der Waals surface area (Å²) in [6.45, 7) is 3.37. The maximum absolute atomic E-state index is 10.9. The third-order valence-corrected chi connectivity index (χ3v) is 4.54. The van der Waals surface area contributed by atoms with Crippen molar-refractivity contribution in [3.63, 3.8) is 0 Å². The lowest BCUT2D eigenvalue weighted by atomic mass is 10.1. The summed E-state index contributed by atoms with van der Waals surface area (Å²) in [6, 6.07) is 3.23. The van der Waals surface area contributed by atoms with E-state index in [4.69, 9.17) is 22.4 Å². The normalized spacial score (nSPS) is 13.0. The molecular weight excluding hydrogens is 304 g/mol. The Hall–Kier alpha value is -1.31. The Balaban J connectivity index is 2.92. The first-order valence-electron chi connectivity index (χ1n) is 5.70. The second-order valence-corrected chi connectivity index (χ2v) is 6.80. The van der Waals surface area contributed by atoms with Crippen molar-refractivity contribution < 1.29 is 14.8 Å². The van der Waals surface area contributed by atoms with Gasteiger partial charge >= 0.3 is 5.97 Å². The van der Waals surface area contributed by atoms with Crippen LogP contribution in [0.1, 0.15) is 19.4 Å². The van der Waals surface area contributed by atoms with Crippen molar-refractivity contribution in [1.29, 1.82) is 0 Å². The summed E-state index contributed by atoms with van der Waals surface area (Å²) in [5.74, 6) is -0.853. The van der Waals surface area contributed by atoms with Crippen LogP contribution in [0, 0.1) is 10.1 Å². The summed E-state index contributed by atoms with van der Waals surface area (Å²) in [5, 5.41) is 20.3. The van der Waals surface area contributed by atoms with Crippen molar-refractivity contribution in [2.45, 2.75) is 30.4 Å². The van der Waals surface area contributed by atoms with E-state index < -0.39 is 21.7 Å². The number of nitro groups is 1. The Bertz CT molecular complexity index is 536. The van der Waals surface area contributed by atoms with Gasteiger partial charge in [-0.05, 0) is 26.0 Å². The standard InChI is InChI=1S/C12H15ClN2O4S/c1-12(2,10(14)11(16)17)20-6-7-5-8(13)3-4-9(7)15(18)19/h3-5,10H,6,14H2,1-2H3,(H,16,17)/t10-/m1/s1. The minimum Gasteiger partial charge on any atom is -0.480 e. The van der Waals surface area contributed by atoms with Crippen molar-refractivity contribution in [2.24, 2.45) is 5.73 Å². The van der Waals surface area contributed by atoms with Crippen LogP contribution in [0.25, 0.3) is 0 Å². The number of aliphatic carboxylic acids is 1. The van der Waals surface area contributed by atoms with Crippen molar-refractivity contribution in [1.82, 2.24) is 0 Å². The van der Waals surface area contributed by atoms with Crippen LogP contribution in [0.4, 0.5) is 5.69 Å². The van der Waals surface area contributed by atoms with E-state index in [0.29, 0.717) is 10.6 Å². The predicted octanol–water partition coefficient (Wildman–Crippen LogP) is 2.67. The third-order valence-electron chi connectivity index (χ3n) is 2.85. The molecule has 0 aromatic heterocycles. The van der Waals surface area contributed by atoms with E-state index in [-0.39, 0.29) is 11.4 Å². The molecule has 0 aliphatic rings. The SMILES string of the molecule is CC(C)(SCc1cc(Cl)ccc1[N+](=O)[O-])[C@H](N)C(=O)O. The fourth-order valence-electron chi connectivity index (χ4n) is 1.50. The molecule has 110 valence electrons. The van der Waals surface area contributed by atoms with Crippen LogP contribution in [0.15, 0.2) is 18.2 Å². The molecule has 1 aromatic rings. The molecule has 8 heteroatoms. The number of nitrogens with zero attached hydrogens (tertiary/aromatic N) is 1. The van der Waals surface area contributed by atoms with Gasteiger partial charge in [-0.2, -0.15) is 0 Å². The number of benzene rings is 1. The van der Waals surface area contributed by atoms with Gasteiger partial charge < -0.3 is 10.8 Å². The van der Waals surface area contributed by atoms with Gasteiger partial charge in [0.15, 0.2) is 0 Å². The average Bonchev–Trinajstić information content (AvgIpc) is 2.35. The second kappa shape index (κ2) is 6.43. The molecule has 3 N–H and O–H groups in total. The number of rotatable bonds is 6. The lowest BCUT2D eigenvalue weighted by Crippen LogP contribution is -2.46. The van der Waals surface area contributed by atoms with E-state index in [1.54, 1.807) is 13.8 Å². The Labute approximate surface area is 125 Å². The Morgan fingerprint density at radius 1 is 1.60 bits per heavy atom. The van der Waals surface area contributed by atoms with Gasteiger partial charge in [0.1, 0.15) is 6.04 Å². The first-order valence-corrected chi connectivity index (χ1v) is 7.06. The molecule has 0 amide bonds. The number of carbonyl (C=O) groups is 1. The van der Waals surface area contributed by atoms with Gasteiger partial charge in [-0.15, -0.1) is 11.8 Å². The highest BCUT2D eigenvalue weighted by Crippen LogP contribution is 2.34. The zero-order valence-electron chi connectivity index (χ0n) is 11.0. The monoisotopic (exact) mass is 318 g/mol. The second-order valence-electron chi connectivity index (χ2n) is 4.74. The number of carboxylic acid groups (broad SMARTS) is 1. The van der Waals surface area contributed by atoms with Crippen molar-refractivity contribution in [3.8, 4) is 0 Å². The number of hydrogen-bond donors (Lipinski definition) is 2. The smallest absolute Gasteiger partial charge is 0.321 e. The fraction of sp³-hybridized carbons (Fsp3) is 0.417. The zero-order valence-corrected chi connectivity index (χ0v) is 12.6. The number of hydrogen-bond acceptors (Lipinski definition) is 5. The maximum atomic E-state index is 10.9. The molecule has 0 aliphatic carbocycles. The average molecular weight is 319 g/mol. The number of thioether (sulfide) groups is 1. The Morgan fingerprint density at radius 3 is 2.70 bits per heavy atom. The molecule has 1 aromatic carbocycles. The molecule has 0 aliphatic heterocycles. The molecular formula is C12H15ClN2O4S. The summed E-state index contributed by atoms with van der Waals surface area (Å²) >= 11 is 7.07. The van der Waals surface area contributed by atoms with Gasteiger partial charge in [0, 0.05) is 27.2 Å². The van der Waals surface area contributed by atoms with Gasteiger partial charge in [-0.3, -0.25) is 14.9 Å². The molecule has 0 bridgehead atoms. The van der Waals surface area contributed by atoms with Gasteiger partial charge in [0.2, 0.25) is 0 Å². The highest BCUT2D eigenvalue weighted by Gasteiger charge is 2.33. The fourth-order valence-corrected chi connectivity index (χ4v) is 2.73. The summed E-state index contributed by atoms with van der Waals surface area (Å²) in [5.41, 5.74) is 6.01. The summed E-state index contributed by atoms with van der Waals surface area (Å²) < 4.78 is -0.762. The molecule has 0 heterocycles. The van der Waals surface area contributed by atoms with E-state index in [9.17, 15) is 14.9 Å². The molecule has 0 saturated heterocycles. The molecule has 1 atom stereocenters. The van der Waals surface area contributed by atoms with Crippen LogP contribution in [-0.2, 0) is 10.5 Å².